The molecule has 73 valence electrons. The standard InChI is InChI=1S/C9H21N2O/c1-4-5-9(12)8-11(3)7-6-10-2/h9-10,12H,1,4-8H2,2-3H3. The van der Waals surface area contributed by atoms with Crippen molar-refractivity contribution in [2.75, 3.05) is 33.7 Å². The van der Waals surface area contributed by atoms with Gasteiger partial charge in [0, 0.05) is 19.6 Å². The number of likely N-dealkylation sites (N-methyl/N-ethyl adjacent to an activating group) is 2. The Morgan fingerprint density at radius 2 is 2.25 bits per heavy atom. The highest BCUT2D eigenvalue weighted by molar-refractivity contribution is 4.62. The van der Waals surface area contributed by atoms with Crippen molar-refractivity contribution < 1.29 is 5.11 Å². The van der Waals surface area contributed by atoms with E-state index in [9.17, 15) is 5.11 Å². The Morgan fingerprint density at radius 3 is 2.75 bits per heavy atom. The van der Waals surface area contributed by atoms with Crippen LogP contribution in [-0.2, 0) is 0 Å². The SMILES string of the molecule is [CH2]CCC(O)CN(C)CCNC. The molecule has 1 radical (unpaired) electrons. The number of rotatable bonds is 7. The summed E-state index contributed by atoms with van der Waals surface area (Å²) in [6, 6.07) is 0. The third-order valence-electron chi connectivity index (χ3n) is 1.80. The quantitative estimate of drug-likeness (QED) is 0.574. The van der Waals surface area contributed by atoms with Crippen LogP contribution in [0.25, 0.3) is 0 Å². The maximum Gasteiger partial charge on any atom is 0.0667 e. The van der Waals surface area contributed by atoms with E-state index >= 15 is 0 Å². The molecule has 0 amide bonds. The highest BCUT2D eigenvalue weighted by Gasteiger charge is 2.05. The van der Waals surface area contributed by atoms with Crippen molar-refractivity contribution in [2.45, 2.75) is 18.9 Å². The van der Waals surface area contributed by atoms with E-state index in [-0.39, 0.29) is 6.10 Å². The number of aliphatic hydroxyl groups excluding tert-OH is 1. The highest BCUT2D eigenvalue weighted by atomic mass is 16.3. The topological polar surface area (TPSA) is 35.5 Å². The molecule has 0 heterocycles. The minimum absolute atomic E-state index is 0.218. The minimum atomic E-state index is -0.218. The van der Waals surface area contributed by atoms with Crippen LogP contribution in [0.1, 0.15) is 12.8 Å². The summed E-state index contributed by atoms with van der Waals surface area (Å²) in [5.74, 6) is 0. The fourth-order valence-electron chi connectivity index (χ4n) is 1.08. The van der Waals surface area contributed by atoms with Crippen molar-refractivity contribution in [2.24, 2.45) is 0 Å². The van der Waals surface area contributed by atoms with Gasteiger partial charge in [-0.15, -0.1) is 0 Å². The molecule has 0 aliphatic carbocycles. The molecule has 0 bridgehead atoms. The zero-order valence-electron chi connectivity index (χ0n) is 8.21. The molecule has 0 saturated heterocycles. The van der Waals surface area contributed by atoms with E-state index in [1.165, 1.54) is 0 Å². The smallest absolute Gasteiger partial charge is 0.0667 e. The lowest BCUT2D eigenvalue weighted by Crippen LogP contribution is -2.33. The second kappa shape index (κ2) is 7.53. The highest BCUT2D eigenvalue weighted by Crippen LogP contribution is 1.97. The Kier molecular flexibility index (Phi) is 7.45. The summed E-state index contributed by atoms with van der Waals surface area (Å²) in [6.07, 6.45) is 1.38. The van der Waals surface area contributed by atoms with Crippen molar-refractivity contribution in [3.05, 3.63) is 6.92 Å². The molecule has 0 aliphatic rings. The maximum absolute atomic E-state index is 9.42. The van der Waals surface area contributed by atoms with Gasteiger partial charge in [0.05, 0.1) is 6.10 Å². The molecule has 0 aromatic rings. The molecule has 0 fully saturated rings. The van der Waals surface area contributed by atoms with E-state index in [1.54, 1.807) is 0 Å². The average Bonchev–Trinajstić information content (AvgIpc) is 2.01. The van der Waals surface area contributed by atoms with E-state index in [2.05, 4.69) is 17.1 Å². The molecule has 12 heavy (non-hydrogen) atoms. The first-order valence-corrected chi connectivity index (χ1v) is 4.51. The third kappa shape index (κ3) is 6.58. The van der Waals surface area contributed by atoms with Crippen molar-refractivity contribution >= 4 is 0 Å². The molecule has 1 atom stereocenters. The second-order valence-electron chi connectivity index (χ2n) is 3.16. The van der Waals surface area contributed by atoms with Gasteiger partial charge in [0.25, 0.3) is 0 Å². The average molecular weight is 173 g/mol. The minimum Gasteiger partial charge on any atom is -0.392 e. The van der Waals surface area contributed by atoms with Gasteiger partial charge in [-0.25, -0.2) is 0 Å². The Labute approximate surface area is 75.8 Å². The van der Waals surface area contributed by atoms with Crippen LogP contribution in [0.5, 0.6) is 0 Å². The van der Waals surface area contributed by atoms with Gasteiger partial charge in [-0.3, -0.25) is 0 Å². The number of aliphatic hydroxyl groups is 1. The molecule has 0 spiro atoms. The van der Waals surface area contributed by atoms with Gasteiger partial charge >= 0.3 is 0 Å². The Morgan fingerprint density at radius 1 is 1.58 bits per heavy atom. The summed E-state index contributed by atoms with van der Waals surface area (Å²) in [5.41, 5.74) is 0. The van der Waals surface area contributed by atoms with Crippen molar-refractivity contribution in [1.82, 2.24) is 10.2 Å². The Bertz CT molecular complexity index is 98.5. The van der Waals surface area contributed by atoms with Crippen LogP contribution < -0.4 is 5.32 Å². The van der Waals surface area contributed by atoms with Gasteiger partial charge in [0.2, 0.25) is 0 Å². The van der Waals surface area contributed by atoms with Gasteiger partial charge in [-0.05, 0) is 20.5 Å². The van der Waals surface area contributed by atoms with Crippen LogP contribution in [0.4, 0.5) is 0 Å². The van der Waals surface area contributed by atoms with Crippen LogP contribution in [0.3, 0.4) is 0 Å². The fraction of sp³-hybridized carbons (Fsp3) is 0.889. The van der Waals surface area contributed by atoms with Crippen LogP contribution in [0, 0.1) is 6.92 Å². The number of nitrogens with one attached hydrogen (secondary N) is 1. The van der Waals surface area contributed by atoms with Crippen molar-refractivity contribution in [3.63, 3.8) is 0 Å². The largest absolute Gasteiger partial charge is 0.392 e. The molecular formula is C9H21N2O. The molecule has 0 aliphatic heterocycles. The van der Waals surface area contributed by atoms with Gasteiger partial charge in [-0.1, -0.05) is 13.3 Å². The predicted octanol–water partition coefficient (Wildman–Crippen LogP) is 0.113. The van der Waals surface area contributed by atoms with E-state index in [4.69, 9.17) is 0 Å². The molecule has 2 N–H and O–H groups in total. The Hall–Kier alpha value is -0.120. The first-order chi connectivity index (χ1) is 5.70. The van der Waals surface area contributed by atoms with E-state index in [0.717, 1.165) is 32.5 Å². The summed E-state index contributed by atoms with van der Waals surface area (Å²) in [7, 11) is 3.95. The summed E-state index contributed by atoms with van der Waals surface area (Å²) in [5, 5.41) is 12.5. The molecule has 0 aromatic heterocycles. The summed E-state index contributed by atoms with van der Waals surface area (Å²) < 4.78 is 0. The number of nitrogens with zero attached hydrogens (tertiary/aromatic N) is 1. The summed E-state index contributed by atoms with van der Waals surface area (Å²) in [4.78, 5) is 2.12. The van der Waals surface area contributed by atoms with E-state index in [0.29, 0.717) is 0 Å². The molecule has 3 heteroatoms. The molecule has 0 saturated carbocycles. The maximum atomic E-state index is 9.42. The Balaban J connectivity index is 3.33. The molecule has 3 nitrogen and oxygen atoms in total. The monoisotopic (exact) mass is 173 g/mol. The summed E-state index contributed by atoms with van der Waals surface area (Å²) >= 11 is 0. The van der Waals surface area contributed by atoms with Gasteiger partial charge < -0.3 is 15.3 Å². The van der Waals surface area contributed by atoms with E-state index < -0.39 is 0 Å². The zero-order valence-corrected chi connectivity index (χ0v) is 8.21. The molecule has 0 aromatic carbocycles. The lowest BCUT2D eigenvalue weighted by molar-refractivity contribution is 0.119. The third-order valence-corrected chi connectivity index (χ3v) is 1.80. The molecule has 1 unspecified atom stereocenters. The first-order valence-electron chi connectivity index (χ1n) is 4.51. The number of hydrogen-bond acceptors (Lipinski definition) is 3. The van der Waals surface area contributed by atoms with Crippen LogP contribution >= 0.6 is 0 Å². The fourth-order valence-corrected chi connectivity index (χ4v) is 1.08. The normalized spacial score (nSPS) is 13.8. The van der Waals surface area contributed by atoms with Crippen LogP contribution in [-0.4, -0.2) is 49.8 Å². The molecular weight excluding hydrogens is 152 g/mol. The van der Waals surface area contributed by atoms with Gasteiger partial charge in [0.1, 0.15) is 0 Å². The van der Waals surface area contributed by atoms with E-state index in [1.807, 2.05) is 14.1 Å². The van der Waals surface area contributed by atoms with Crippen molar-refractivity contribution in [1.29, 1.82) is 0 Å². The van der Waals surface area contributed by atoms with Crippen molar-refractivity contribution in [3.8, 4) is 0 Å². The van der Waals surface area contributed by atoms with Gasteiger partial charge in [-0.2, -0.15) is 0 Å². The zero-order chi connectivity index (χ0) is 9.40. The first kappa shape index (κ1) is 11.9. The summed E-state index contributed by atoms with van der Waals surface area (Å²) in [6.45, 7) is 6.39. The second-order valence-corrected chi connectivity index (χ2v) is 3.16. The predicted molar refractivity (Wildman–Crippen MR) is 52.0 cm³/mol. The van der Waals surface area contributed by atoms with Gasteiger partial charge in [0.15, 0.2) is 0 Å². The van der Waals surface area contributed by atoms with Crippen LogP contribution in [0.2, 0.25) is 0 Å². The molecule has 0 rings (SSSR count). The lowest BCUT2D eigenvalue weighted by atomic mass is 10.2. The van der Waals surface area contributed by atoms with Crippen LogP contribution in [0.15, 0.2) is 0 Å². The number of hydrogen-bond donors (Lipinski definition) is 2. The lowest BCUT2D eigenvalue weighted by Gasteiger charge is -2.19.